The highest BCUT2D eigenvalue weighted by Gasteiger charge is 2.12. The molecule has 0 aliphatic heterocycles. The van der Waals surface area contributed by atoms with Crippen molar-refractivity contribution in [2.24, 2.45) is 7.05 Å². The van der Waals surface area contributed by atoms with E-state index in [4.69, 9.17) is 0 Å². The van der Waals surface area contributed by atoms with Gasteiger partial charge in [-0.15, -0.1) is 10.2 Å². The lowest BCUT2D eigenvalue weighted by Gasteiger charge is -2.10. The van der Waals surface area contributed by atoms with Gasteiger partial charge < -0.3 is 9.88 Å². The van der Waals surface area contributed by atoms with Gasteiger partial charge in [-0.3, -0.25) is 9.59 Å². The van der Waals surface area contributed by atoms with E-state index in [1.807, 2.05) is 31.2 Å². The lowest BCUT2D eigenvalue weighted by atomic mass is 10.1. The highest BCUT2D eigenvalue weighted by atomic mass is 32.2. The maximum Gasteiger partial charge on any atom is 0.252 e. The van der Waals surface area contributed by atoms with Crippen LogP contribution >= 0.6 is 23.1 Å². The molecule has 0 fully saturated rings. The number of aromatic nitrogens is 3. The van der Waals surface area contributed by atoms with Gasteiger partial charge in [0.15, 0.2) is 4.34 Å². The van der Waals surface area contributed by atoms with E-state index >= 15 is 0 Å². The quantitative estimate of drug-likeness (QED) is 0.530. The molecular weight excluding hydrogens is 356 g/mol. The van der Waals surface area contributed by atoms with Crippen molar-refractivity contribution in [3.8, 4) is 0 Å². The van der Waals surface area contributed by atoms with E-state index in [0.717, 1.165) is 32.4 Å². The molecule has 0 atom stereocenters. The van der Waals surface area contributed by atoms with E-state index in [-0.39, 0.29) is 11.5 Å². The number of para-hydroxylation sites is 1. The van der Waals surface area contributed by atoms with Gasteiger partial charge in [-0.05, 0) is 19.4 Å². The second kappa shape index (κ2) is 7.79. The lowest BCUT2D eigenvalue weighted by molar-refractivity contribution is 0.0955. The number of aryl methyl sites for hydroxylation is 2. The Labute approximate surface area is 153 Å². The van der Waals surface area contributed by atoms with Crippen molar-refractivity contribution < 1.29 is 4.79 Å². The predicted octanol–water partition coefficient (Wildman–Crippen LogP) is 2.61. The zero-order chi connectivity index (χ0) is 17.8. The number of amides is 1. The van der Waals surface area contributed by atoms with Crippen molar-refractivity contribution >= 4 is 39.9 Å². The van der Waals surface area contributed by atoms with Gasteiger partial charge in [0.05, 0.1) is 11.1 Å². The van der Waals surface area contributed by atoms with Crippen LogP contribution in [0.5, 0.6) is 0 Å². The Morgan fingerprint density at radius 1 is 1.32 bits per heavy atom. The molecular formula is C17H18N4O2S2. The van der Waals surface area contributed by atoms with Gasteiger partial charge in [0, 0.05) is 30.8 Å². The SMILES string of the molecule is Cc1nnc(SCCCNC(=O)c2cc(=O)n(C)c3ccccc23)s1. The fourth-order valence-corrected chi connectivity index (χ4v) is 4.29. The first-order chi connectivity index (χ1) is 12.1. The van der Waals surface area contributed by atoms with Crippen LogP contribution in [0.2, 0.25) is 0 Å². The Morgan fingerprint density at radius 2 is 2.12 bits per heavy atom. The summed E-state index contributed by atoms with van der Waals surface area (Å²) < 4.78 is 2.49. The average molecular weight is 374 g/mol. The van der Waals surface area contributed by atoms with Gasteiger partial charge in [0.25, 0.3) is 11.5 Å². The maximum absolute atomic E-state index is 12.5. The first-order valence-electron chi connectivity index (χ1n) is 7.86. The second-order valence-corrected chi connectivity index (χ2v) is 8.04. The third-order valence-electron chi connectivity index (χ3n) is 3.74. The molecule has 1 N–H and O–H groups in total. The minimum atomic E-state index is -0.217. The minimum absolute atomic E-state index is 0.189. The van der Waals surface area contributed by atoms with E-state index in [0.29, 0.717) is 12.1 Å². The number of nitrogens with zero attached hydrogens (tertiary/aromatic N) is 3. The zero-order valence-corrected chi connectivity index (χ0v) is 15.6. The summed E-state index contributed by atoms with van der Waals surface area (Å²) in [6.07, 6.45) is 0.817. The van der Waals surface area contributed by atoms with Crippen molar-refractivity contribution in [1.82, 2.24) is 20.1 Å². The molecule has 1 amide bonds. The Hall–Kier alpha value is -2.19. The van der Waals surface area contributed by atoms with Gasteiger partial charge in [-0.2, -0.15) is 0 Å². The first kappa shape index (κ1) is 17.6. The third-order valence-corrected chi connectivity index (χ3v) is 5.80. The number of pyridine rings is 1. The molecule has 6 nitrogen and oxygen atoms in total. The van der Waals surface area contributed by atoms with E-state index in [2.05, 4.69) is 15.5 Å². The standard InChI is InChI=1S/C17H18N4O2S2/c1-11-19-20-17(25-11)24-9-5-8-18-16(23)13-10-15(22)21(2)14-7-4-3-6-12(13)14/h3-4,6-7,10H,5,8-9H2,1-2H3,(H,18,23). The normalized spacial score (nSPS) is 11.0. The summed E-state index contributed by atoms with van der Waals surface area (Å²) in [5.74, 6) is 0.636. The monoisotopic (exact) mass is 374 g/mol. The van der Waals surface area contributed by atoms with Crippen LogP contribution in [-0.2, 0) is 7.05 Å². The number of fused-ring (bicyclic) bond motifs is 1. The topological polar surface area (TPSA) is 76.9 Å². The van der Waals surface area contributed by atoms with Crippen molar-refractivity contribution in [1.29, 1.82) is 0 Å². The average Bonchev–Trinajstić information content (AvgIpc) is 3.03. The maximum atomic E-state index is 12.5. The Balaban J connectivity index is 1.61. The molecule has 2 heterocycles. The number of benzene rings is 1. The van der Waals surface area contributed by atoms with Crippen LogP contribution in [0.3, 0.4) is 0 Å². The van der Waals surface area contributed by atoms with Gasteiger partial charge in [-0.1, -0.05) is 41.3 Å². The van der Waals surface area contributed by atoms with Gasteiger partial charge in [-0.25, -0.2) is 0 Å². The number of nitrogens with one attached hydrogen (secondary N) is 1. The van der Waals surface area contributed by atoms with Crippen molar-refractivity contribution in [2.75, 3.05) is 12.3 Å². The van der Waals surface area contributed by atoms with Crippen LogP contribution in [-0.4, -0.2) is 33.0 Å². The summed E-state index contributed by atoms with van der Waals surface area (Å²) in [4.78, 5) is 24.5. The van der Waals surface area contributed by atoms with Crippen molar-refractivity contribution in [3.05, 3.63) is 51.3 Å². The van der Waals surface area contributed by atoms with E-state index < -0.39 is 0 Å². The lowest BCUT2D eigenvalue weighted by Crippen LogP contribution is -2.28. The van der Waals surface area contributed by atoms with Crippen LogP contribution in [0.1, 0.15) is 21.8 Å². The van der Waals surface area contributed by atoms with E-state index in [1.54, 1.807) is 34.7 Å². The second-order valence-electron chi connectivity index (χ2n) is 5.52. The summed E-state index contributed by atoms with van der Waals surface area (Å²) in [5, 5.41) is 12.7. The molecule has 8 heteroatoms. The zero-order valence-electron chi connectivity index (χ0n) is 14.0. The molecule has 3 aromatic rings. The number of carbonyl (C=O) groups is 1. The van der Waals surface area contributed by atoms with E-state index in [1.165, 1.54) is 6.07 Å². The largest absolute Gasteiger partial charge is 0.352 e. The smallest absolute Gasteiger partial charge is 0.252 e. The summed E-state index contributed by atoms with van der Waals surface area (Å²) in [5.41, 5.74) is 0.986. The number of hydrogen-bond acceptors (Lipinski definition) is 6. The Bertz CT molecular complexity index is 965. The Kier molecular flexibility index (Phi) is 5.50. The van der Waals surface area contributed by atoms with E-state index in [9.17, 15) is 9.59 Å². The number of carbonyl (C=O) groups excluding carboxylic acids is 1. The molecule has 0 saturated heterocycles. The molecule has 0 saturated carbocycles. The molecule has 1 aromatic carbocycles. The molecule has 25 heavy (non-hydrogen) atoms. The molecule has 2 aromatic heterocycles. The summed E-state index contributed by atoms with van der Waals surface area (Å²) in [7, 11) is 1.71. The molecule has 0 bridgehead atoms. The summed E-state index contributed by atoms with van der Waals surface area (Å²) >= 11 is 3.21. The van der Waals surface area contributed by atoms with Gasteiger partial charge >= 0.3 is 0 Å². The number of thioether (sulfide) groups is 1. The number of rotatable bonds is 6. The molecule has 130 valence electrons. The van der Waals surface area contributed by atoms with Crippen molar-refractivity contribution in [2.45, 2.75) is 17.7 Å². The molecule has 3 rings (SSSR count). The fourth-order valence-electron chi connectivity index (χ4n) is 2.46. The van der Waals surface area contributed by atoms with Gasteiger partial charge in [0.1, 0.15) is 5.01 Å². The highest BCUT2D eigenvalue weighted by Crippen LogP contribution is 2.22. The number of hydrogen-bond donors (Lipinski definition) is 1. The van der Waals surface area contributed by atoms with Crippen LogP contribution in [0, 0.1) is 6.92 Å². The van der Waals surface area contributed by atoms with Crippen LogP contribution in [0.4, 0.5) is 0 Å². The van der Waals surface area contributed by atoms with Crippen molar-refractivity contribution in [3.63, 3.8) is 0 Å². The minimum Gasteiger partial charge on any atom is -0.352 e. The van der Waals surface area contributed by atoms with Crippen LogP contribution in [0.15, 0.2) is 39.5 Å². The third kappa shape index (κ3) is 4.08. The fraction of sp³-hybridized carbons (Fsp3) is 0.294. The molecule has 0 spiro atoms. The molecule has 0 aliphatic carbocycles. The molecule has 0 radical (unpaired) electrons. The summed E-state index contributed by atoms with van der Waals surface area (Å²) in [6, 6.07) is 8.82. The van der Waals surface area contributed by atoms with Gasteiger partial charge in [0.2, 0.25) is 0 Å². The molecule has 0 aliphatic rings. The van der Waals surface area contributed by atoms with Crippen LogP contribution in [0.25, 0.3) is 10.9 Å². The van der Waals surface area contributed by atoms with Crippen LogP contribution < -0.4 is 10.9 Å². The summed E-state index contributed by atoms with van der Waals surface area (Å²) in [6.45, 7) is 2.48. The Morgan fingerprint density at radius 3 is 2.88 bits per heavy atom. The predicted molar refractivity (Wildman–Crippen MR) is 102 cm³/mol. The highest BCUT2D eigenvalue weighted by molar-refractivity contribution is 8.01. The molecule has 0 unspecified atom stereocenters. The first-order valence-corrected chi connectivity index (χ1v) is 9.66.